The van der Waals surface area contributed by atoms with Crippen LogP contribution in [0.1, 0.15) is 278 Å². The largest absolute Gasteiger partial charge is 0.472 e. The smallest absolute Gasteiger partial charge is 0.463 e. The molecule has 2 aliphatic heterocycles. The molecule has 3 aliphatic rings. The molecule has 0 aromatic rings. The Balaban J connectivity index is 1.76. The molecular weight excluding hydrogens is 1280 g/mol. The number of phosphoric acid groups is 1. The third-order valence-electron chi connectivity index (χ3n) is 18.6. The monoisotopic (exact) mass is 1410 g/mol. The molecule has 11 N–H and O–H groups in total. The second-order valence-electron chi connectivity index (χ2n) is 27.3. The van der Waals surface area contributed by atoms with Crippen LogP contribution in [0.4, 0.5) is 0 Å². The zero-order valence-electron chi connectivity index (χ0n) is 59.3. The number of carbonyl (C=O) groups is 3. The van der Waals surface area contributed by atoms with Crippen LogP contribution < -0.4 is 0 Å². The lowest BCUT2D eigenvalue weighted by atomic mass is 9.84. The predicted octanol–water partition coefficient (Wildman–Crippen LogP) is 9.98. The molecule has 1 saturated carbocycles. The summed E-state index contributed by atoms with van der Waals surface area (Å²) < 4.78 is 65.0. The van der Waals surface area contributed by atoms with E-state index in [9.17, 15) is 74.9 Å². The lowest BCUT2D eigenvalue weighted by molar-refractivity contribution is -0.360. The van der Waals surface area contributed by atoms with Gasteiger partial charge in [-0.15, -0.1) is 0 Å². The maximum Gasteiger partial charge on any atom is 0.472 e. The molecule has 97 heavy (non-hydrogen) atoms. The van der Waals surface area contributed by atoms with Crippen molar-refractivity contribution in [3.8, 4) is 0 Å². The number of ether oxygens (including phenoxy) is 7. The Labute approximate surface area is 579 Å². The quantitative estimate of drug-likeness (QED) is 0.00886. The van der Waals surface area contributed by atoms with Gasteiger partial charge in [-0.3, -0.25) is 23.4 Å². The van der Waals surface area contributed by atoms with Crippen LogP contribution in [-0.4, -0.2) is 204 Å². The first-order valence-electron chi connectivity index (χ1n) is 37.5. The number of carbonyl (C=O) groups excluding carboxylic acids is 3. The van der Waals surface area contributed by atoms with Gasteiger partial charge in [0.2, 0.25) is 0 Å². The molecule has 0 radical (unpaired) electrons. The Kier molecular flexibility index (Phi) is 48.7. The average Bonchev–Trinajstić information content (AvgIpc) is 0.765. The van der Waals surface area contributed by atoms with E-state index in [0.717, 1.165) is 96.3 Å². The maximum atomic E-state index is 14.3. The van der Waals surface area contributed by atoms with E-state index in [1.54, 1.807) is 0 Å². The Hall–Kier alpha value is -2.56. The number of phosphoric ester groups is 1. The van der Waals surface area contributed by atoms with Crippen LogP contribution in [0.3, 0.4) is 0 Å². The number of allylic oxidation sites excluding steroid dienone is 4. The van der Waals surface area contributed by atoms with Crippen molar-refractivity contribution in [2.45, 2.75) is 382 Å². The number of aliphatic hydroxyl groups is 10. The fraction of sp³-hybridized carbons (Fsp3) is 0.903. The van der Waals surface area contributed by atoms with E-state index in [2.05, 4.69) is 52.0 Å². The van der Waals surface area contributed by atoms with E-state index in [-0.39, 0.29) is 19.3 Å². The number of rotatable bonds is 57. The van der Waals surface area contributed by atoms with Gasteiger partial charge in [0.05, 0.1) is 13.2 Å². The van der Waals surface area contributed by atoms with Crippen molar-refractivity contribution < 1.29 is 117 Å². The standard InChI is InChI=1S/C72H131O24P/c1-5-8-11-14-17-19-21-23-25-27-29-35-40-45-56(74)88-49-53(91-58(76)47-42-37-32-31-34-39-44-52(4)43-38-33-16-13-10-7-3)50-90-97(86,87)96-70-68(94-71-66(84)61(79)59(77)54(48-73)92-71)64(82)63(81)65(83)69(70)95-72-67(85)62(80)60(78)55(93-72)51-89-57(75)46-41-36-30-28-26-24-22-20-18-15-12-9-6-2/h23-26,52-55,59-73,77-85H,5-22,27-51H2,1-4H3,(H,86,87)/b25-23-,26-24-. The van der Waals surface area contributed by atoms with E-state index >= 15 is 0 Å². The molecule has 1 aliphatic carbocycles. The summed E-state index contributed by atoms with van der Waals surface area (Å²) >= 11 is 0. The van der Waals surface area contributed by atoms with Crippen molar-refractivity contribution in [3.63, 3.8) is 0 Å². The molecule has 2 saturated heterocycles. The van der Waals surface area contributed by atoms with E-state index in [4.69, 9.17) is 42.2 Å². The van der Waals surface area contributed by atoms with Crippen LogP contribution in [0.15, 0.2) is 24.3 Å². The minimum absolute atomic E-state index is 0.00726. The van der Waals surface area contributed by atoms with Crippen molar-refractivity contribution >= 4 is 25.7 Å². The van der Waals surface area contributed by atoms with Gasteiger partial charge in [-0.25, -0.2) is 4.57 Å². The van der Waals surface area contributed by atoms with Crippen LogP contribution in [0.25, 0.3) is 0 Å². The third kappa shape index (κ3) is 36.9. The Morgan fingerprint density at radius 1 is 0.423 bits per heavy atom. The molecule has 0 bridgehead atoms. The Morgan fingerprint density at radius 2 is 0.784 bits per heavy atom. The van der Waals surface area contributed by atoms with Gasteiger partial charge in [-0.1, -0.05) is 213 Å². The van der Waals surface area contributed by atoms with Crippen LogP contribution in [0.2, 0.25) is 0 Å². The summed E-state index contributed by atoms with van der Waals surface area (Å²) in [5.41, 5.74) is 0. The van der Waals surface area contributed by atoms with E-state index in [1.165, 1.54) is 116 Å². The molecule has 0 spiro atoms. The lowest BCUT2D eigenvalue weighted by Crippen LogP contribution is -2.69. The summed E-state index contributed by atoms with van der Waals surface area (Å²) in [6.07, 6.45) is 11.2. The predicted molar refractivity (Wildman–Crippen MR) is 365 cm³/mol. The van der Waals surface area contributed by atoms with Gasteiger partial charge in [0.15, 0.2) is 18.7 Å². The summed E-state index contributed by atoms with van der Waals surface area (Å²) in [4.78, 5) is 51.0. The van der Waals surface area contributed by atoms with Crippen LogP contribution in [-0.2, 0) is 61.2 Å². The number of hydrogen-bond donors (Lipinski definition) is 11. The molecule has 0 aromatic heterocycles. The summed E-state index contributed by atoms with van der Waals surface area (Å²) in [6.45, 7) is 5.71. The Bertz CT molecular complexity index is 2120. The number of esters is 3. The molecule has 2 heterocycles. The maximum absolute atomic E-state index is 14.3. The van der Waals surface area contributed by atoms with Gasteiger partial charge in [0.25, 0.3) is 0 Å². The summed E-state index contributed by atoms with van der Waals surface area (Å²) in [6, 6.07) is 0. The highest BCUT2D eigenvalue weighted by Gasteiger charge is 2.58. The van der Waals surface area contributed by atoms with Crippen molar-refractivity contribution in [2.75, 3.05) is 26.4 Å². The van der Waals surface area contributed by atoms with Crippen molar-refractivity contribution in [2.24, 2.45) is 5.92 Å². The molecule has 24 nitrogen and oxygen atoms in total. The minimum Gasteiger partial charge on any atom is -0.463 e. The number of hydrogen-bond acceptors (Lipinski definition) is 23. The fourth-order valence-electron chi connectivity index (χ4n) is 12.3. The number of aliphatic hydroxyl groups excluding tert-OH is 10. The molecule has 19 atom stereocenters. The zero-order valence-corrected chi connectivity index (χ0v) is 60.2. The average molecular weight is 1410 g/mol. The van der Waals surface area contributed by atoms with Crippen molar-refractivity contribution in [1.82, 2.24) is 0 Å². The summed E-state index contributed by atoms with van der Waals surface area (Å²) in [7, 11) is -5.70. The van der Waals surface area contributed by atoms with E-state index in [1.807, 2.05) is 0 Å². The van der Waals surface area contributed by atoms with Crippen molar-refractivity contribution in [3.05, 3.63) is 24.3 Å². The molecule has 3 fully saturated rings. The molecule has 25 heteroatoms. The van der Waals surface area contributed by atoms with Crippen molar-refractivity contribution in [1.29, 1.82) is 0 Å². The molecule has 568 valence electrons. The topological polar surface area (TPSA) is 374 Å². The SMILES string of the molecule is CCCCCCCC/C=C\CCCCCC(=O)OCC(COP(=O)(O)OC1C(OC2OC(CO)C(O)C(O)C2O)C(O)C(O)C(O)C1OC1OC(COC(=O)CCCCC/C=C\CCCCCCCC)C(O)C(O)C1O)OC(=O)CCCCCCCCC(C)CCCCCCCC. The highest BCUT2D eigenvalue weighted by molar-refractivity contribution is 7.47. The minimum atomic E-state index is -5.70. The summed E-state index contributed by atoms with van der Waals surface area (Å²) in [5, 5.41) is 110. The van der Waals surface area contributed by atoms with Gasteiger partial charge >= 0.3 is 25.7 Å². The number of unbranched alkanes of at least 4 members (excludes halogenated alkanes) is 28. The highest BCUT2D eigenvalue weighted by atomic mass is 31.2. The molecule has 19 unspecified atom stereocenters. The molecule has 0 aromatic carbocycles. The highest BCUT2D eigenvalue weighted by Crippen LogP contribution is 2.49. The van der Waals surface area contributed by atoms with Gasteiger partial charge in [0.1, 0.15) is 98.7 Å². The fourth-order valence-corrected chi connectivity index (χ4v) is 13.3. The lowest BCUT2D eigenvalue weighted by Gasteiger charge is -2.49. The van der Waals surface area contributed by atoms with Gasteiger partial charge in [-0.2, -0.15) is 0 Å². The van der Waals surface area contributed by atoms with Crippen LogP contribution >= 0.6 is 7.82 Å². The molecule has 3 rings (SSSR count). The third-order valence-corrected chi connectivity index (χ3v) is 19.6. The first-order valence-corrected chi connectivity index (χ1v) is 39.0. The Morgan fingerprint density at radius 3 is 1.23 bits per heavy atom. The van der Waals surface area contributed by atoms with Crippen LogP contribution in [0, 0.1) is 5.92 Å². The van der Waals surface area contributed by atoms with Gasteiger partial charge < -0.3 is 89.1 Å². The normalized spacial score (nSPS) is 28.2. The summed E-state index contributed by atoms with van der Waals surface area (Å²) in [5.74, 6) is -1.35. The molecule has 0 amide bonds. The van der Waals surface area contributed by atoms with Gasteiger partial charge in [-0.05, 0) is 76.5 Å². The second kappa shape index (κ2) is 53.3. The first-order chi connectivity index (χ1) is 46.7. The van der Waals surface area contributed by atoms with Crippen LogP contribution in [0.5, 0.6) is 0 Å². The van der Waals surface area contributed by atoms with E-state index < -0.39 is 156 Å². The molecular formula is C72H131O24P. The van der Waals surface area contributed by atoms with E-state index in [0.29, 0.717) is 25.2 Å². The zero-order chi connectivity index (χ0) is 71.2. The first kappa shape index (κ1) is 88.7. The van der Waals surface area contributed by atoms with Gasteiger partial charge in [0, 0.05) is 19.3 Å². The second-order valence-corrected chi connectivity index (χ2v) is 28.7.